The Hall–Kier alpha value is -0.660. The Kier molecular flexibility index (Phi) is 5.80. The summed E-state index contributed by atoms with van der Waals surface area (Å²) in [6, 6.07) is 2.06. The molecule has 1 amide bonds. The molecule has 7 heteroatoms. The predicted octanol–water partition coefficient (Wildman–Crippen LogP) is 1.06. The summed E-state index contributed by atoms with van der Waals surface area (Å²) < 4.78 is 11.3. The van der Waals surface area contributed by atoms with E-state index in [-0.39, 0.29) is 30.5 Å². The highest BCUT2D eigenvalue weighted by Gasteiger charge is 2.31. The zero-order chi connectivity index (χ0) is 13.1. The van der Waals surface area contributed by atoms with E-state index in [1.807, 2.05) is 10.3 Å². The Morgan fingerprint density at radius 2 is 2.30 bits per heavy atom. The number of rotatable bonds is 2. The van der Waals surface area contributed by atoms with E-state index in [2.05, 4.69) is 16.8 Å². The van der Waals surface area contributed by atoms with E-state index in [1.165, 1.54) is 0 Å². The van der Waals surface area contributed by atoms with Crippen molar-refractivity contribution >= 4 is 29.7 Å². The van der Waals surface area contributed by atoms with E-state index >= 15 is 0 Å². The topological polar surface area (TPSA) is 50.8 Å². The molecular formula is C13H19ClN2O3S. The van der Waals surface area contributed by atoms with Gasteiger partial charge < -0.3 is 19.7 Å². The lowest BCUT2D eigenvalue weighted by Crippen LogP contribution is -2.52. The van der Waals surface area contributed by atoms with Crippen LogP contribution < -0.4 is 5.32 Å². The van der Waals surface area contributed by atoms with Crippen LogP contribution in [0.25, 0.3) is 0 Å². The molecule has 2 aliphatic rings. The number of thiophene rings is 1. The maximum atomic E-state index is 12.4. The zero-order valence-electron chi connectivity index (χ0n) is 11.1. The van der Waals surface area contributed by atoms with Gasteiger partial charge in [-0.3, -0.25) is 4.79 Å². The number of ether oxygens (including phenoxy) is 2. The molecule has 0 aromatic carbocycles. The van der Waals surface area contributed by atoms with Gasteiger partial charge in [0.25, 0.3) is 5.91 Å². The van der Waals surface area contributed by atoms with Crippen molar-refractivity contribution in [1.82, 2.24) is 10.2 Å². The molecule has 0 saturated carbocycles. The first-order valence-corrected chi connectivity index (χ1v) is 7.53. The third kappa shape index (κ3) is 3.51. The van der Waals surface area contributed by atoms with Crippen molar-refractivity contribution in [3.63, 3.8) is 0 Å². The molecule has 1 N–H and O–H groups in total. The van der Waals surface area contributed by atoms with Crippen LogP contribution in [0.3, 0.4) is 0 Å². The van der Waals surface area contributed by atoms with Gasteiger partial charge in [0, 0.05) is 19.6 Å². The molecule has 0 bridgehead atoms. The predicted molar refractivity (Wildman–Crippen MR) is 79.4 cm³/mol. The third-order valence-corrected chi connectivity index (χ3v) is 4.20. The average Bonchev–Trinajstić information content (AvgIpc) is 3.02. The van der Waals surface area contributed by atoms with Crippen LogP contribution in [0.15, 0.2) is 16.8 Å². The molecule has 0 radical (unpaired) electrons. The molecule has 3 heterocycles. The molecule has 0 spiro atoms. The van der Waals surface area contributed by atoms with Gasteiger partial charge in [-0.1, -0.05) is 0 Å². The first kappa shape index (κ1) is 15.7. The SMILES string of the molecule is Cl.O=C(C1CNCCO1)N1CCOC(c2ccsc2)C1. The average molecular weight is 319 g/mol. The van der Waals surface area contributed by atoms with Crippen LogP contribution in [0.5, 0.6) is 0 Å². The molecular weight excluding hydrogens is 300 g/mol. The van der Waals surface area contributed by atoms with Crippen molar-refractivity contribution in [2.75, 3.05) is 39.4 Å². The van der Waals surface area contributed by atoms with Gasteiger partial charge in [-0.05, 0) is 22.4 Å². The molecule has 2 unspecified atom stereocenters. The van der Waals surface area contributed by atoms with Crippen LogP contribution in [0, 0.1) is 0 Å². The van der Waals surface area contributed by atoms with Crippen molar-refractivity contribution in [2.45, 2.75) is 12.2 Å². The zero-order valence-corrected chi connectivity index (χ0v) is 12.8. The molecule has 2 fully saturated rings. The molecule has 1 aromatic rings. The lowest BCUT2D eigenvalue weighted by Gasteiger charge is -2.35. The maximum Gasteiger partial charge on any atom is 0.253 e. The van der Waals surface area contributed by atoms with E-state index in [4.69, 9.17) is 9.47 Å². The number of halogens is 1. The summed E-state index contributed by atoms with van der Waals surface area (Å²) in [4.78, 5) is 14.2. The fourth-order valence-corrected chi connectivity index (χ4v) is 3.14. The lowest BCUT2D eigenvalue weighted by molar-refractivity contribution is -0.152. The molecule has 0 aliphatic carbocycles. The van der Waals surface area contributed by atoms with E-state index in [9.17, 15) is 4.79 Å². The molecule has 3 rings (SSSR count). The maximum absolute atomic E-state index is 12.4. The van der Waals surface area contributed by atoms with Crippen molar-refractivity contribution in [3.05, 3.63) is 22.4 Å². The lowest BCUT2D eigenvalue weighted by atomic mass is 10.1. The van der Waals surface area contributed by atoms with Crippen LogP contribution in [0.1, 0.15) is 11.7 Å². The molecule has 2 aliphatic heterocycles. The quantitative estimate of drug-likeness (QED) is 0.886. The smallest absolute Gasteiger partial charge is 0.253 e. The Bertz CT molecular complexity index is 423. The minimum absolute atomic E-state index is 0. The second-order valence-electron chi connectivity index (χ2n) is 4.76. The Balaban J connectivity index is 0.00000147. The highest BCUT2D eigenvalue weighted by Crippen LogP contribution is 2.24. The minimum atomic E-state index is -0.338. The van der Waals surface area contributed by atoms with Crippen molar-refractivity contribution in [1.29, 1.82) is 0 Å². The largest absolute Gasteiger partial charge is 0.370 e. The second-order valence-corrected chi connectivity index (χ2v) is 5.54. The summed E-state index contributed by atoms with van der Waals surface area (Å²) in [5, 5.41) is 7.31. The Labute approximate surface area is 128 Å². The van der Waals surface area contributed by atoms with Gasteiger partial charge in [-0.25, -0.2) is 0 Å². The second kappa shape index (κ2) is 7.38. The van der Waals surface area contributed by atoms with E-state index in [0.29, 0.717) is 32.8 Å². The van der Waals surface area contributed by atoms with Crippen molar-refractivity contribution in [3.8, 4) is 0 Å². The van der Waals surface area contributed by atoms with E-state index < -0.39 is 0 Å². The van der Waals surface area contributed by atoms with Crippen LogP contribution >= 0.6 is 23.7 Å². The summed E-state index contributed by atoms with van der Waals surface area (Å²) in [7, 11) is 0. The summed E-state index contributed by atoms with van der Waals surface area (Å²) in [6.07, 6.45) is -0.338. The number of carbonyl (C=O) groups is 1. The number of hydrogen-bond acceptors (Lipinski definition) is 5. The molecule has 112 valence electrons. The number of carbonyl (C=O) groups excluding carboxylic acids is 1. The van der Waals surface area contributed by atoms with Gasteiger partial charge >= 0.3 is 0 Å². The van der Waals surface area contributed by atoms with Crippen LogP contribution in [0.4, 0.5) is 0 Å². The van der Waals surface area contributed by atoms with E-state index in [0.717, 1.165) is 12.1 Å². The highest BCUT2D eigenvalue weighted by molar-refractivity contribution is 7.07. The molecule has 20 heavy (non-hydrogen) atoms. The van der Waals surface area contributed by atoms with Gasteiger partial charge in [0.1, 0.15) is 12.2 Å². The van der Waals surface area contributed by atoms with Gasteiger partial charge in [-0.2, -0.15) is 11.3 Å². The van der Waals surface area contributed by atoms with Gasteiger partial charge in [0.05, 0.1) is 19.8 Å². The third-order valence-electron chi connectivity index (χ3n) is 3.50. The summed E-state index contributed by atoms with van der Waals surface area (Å²) in [5.41, 5.74) is 1.16. The van der Waals surface area contributed by atoms with Gasteiger partial charge in [0.15, 0.2) is 0 Å². The van der Waals surface area contributed by atoms with Crippen LogP contribution in [-0.2, 0) is 14.3 Å². The van der Waals surface area contributed by atoms with Gasteiger partial charge in [-0.15, -0.1) is 12.4 Å². The number of nitrogens with zero attached hydrogens (tertiary/aromatic N) is 1. The van der Waals surface area contributed by atoms with Crippen LogP contribution in [0.2, 0.25) is 0 Å². The summed E-state index contributed by atoms with van der Waals surface area (Å²) in [5.74, 6) is 0.0794. The first-order chi connectivity index (χ1) is 9.34. The molecule has 2 saturated heterocycles. The fourth-order valence-electron chi connectivity index (χ4n) is 2.44. The minimum Gasteiger partial charge on any atom is -0.370 e. The number of hydrogen-bond donors (Lipinski definition) is 1. The molecule has 1 aromatic heterocycles. The number of amides is 1. The Morgan fingerprint density at radius 3 is 3.00 bits per heavy atom. The standard InChI is InChI=1S/C13H18N2O3S.ClH/c16-13(11-7-14-2-4-17-11)15-3-5-18-12(8-15)10-1-6-19-9-10;/h1,6,9,11-12,14H,2-5,7-8H2;1H. The highest BCUT2D eigenvalue weighted by atomic mass is 35.5. The summed E-state index contributed by atoms with van der Waals surface area (Å²) >= 11 is 1.65. The fraction of sp³-hybridized carbons (Fsp3) is 0.615. The first-order valence-electron chi connectivity index (χ1n) is 6.59. The molecule has 5 nitrogen and oxygen atoms in total. The Morgan fingerprint density at radius 1 is 1.40 bits per heavy atom. The van der Waals surface area contributed by atoms with Crippen molar-refractivity contribution in [2.24, 2.45) is 0 Å². The number of morpholine rings is 2. The van der Waals surface area contributed by atoms with Crippen molar-refractivity contribution < 1.29 is 14.3 Å². The number of nitrogens with one attached hydrogen (secondary N) is 1. The summed E-state index contributed by atoms with van der Waals surface area (Å²) in [6.45, 7) is 3.90. The monoisotopic (exact) mass is 318 g/mol. The van der Waals surface area contributed by atoms with E-state index in [1.54, 1.807) is 11.3 Å². The van der Waals surface area contributed by atoms with Gasteiger partial charge in [0.2, 0.25) is 0 Å². The van der Waals surface area contributed by atoms with Crippen LogP contribution in [-0.4, -0.2) is 56.3 Å². The normalized spacial score (nSPS) is 26.9. The molecule has 2 atom stereocenters.